The molecular weight excluding hydrogens is 348 g/mol. The average molecular weight is 374 g/mol. The first-order valence-corrected chi connectivity index (χ1v) is 9.43. The topological polar surface area (TPSA) is 49.4 Å². The predicted molar refractivity (Wildman–Crippen MR) is 115 cm³/mol. The summed E-state index contributed by atoms with van der Waals surface area (Å²) in [5.74, 6) is -0.271. The van der Waals surface area contributed by atoms with Gasteiger partial charge in [-0.25, -0.2) is 0 Å². The summed E-state index contributed by atoms with van der Waals surface area (Å²) < 4.78 is 0. The minimum atomic E-state index is -0.191. The molecule has 28 heavy (non-hydrogen) atoms. The van der Waals surface area contributed by atoms with Crippen LogP contribution >= 0.6 is 0 Å². The summed E-state index contributed by atoms with van der Waals surface area (Å²) in [4.78, 5) is 26.6. The third-order valence-electron chi connectivity index (χ3n) is 4.97. The standard InChI is InChI=1S/C24H26N2O2/c1-16-12-17(2)24(18(3)13-16)25-22(27)15-26(4)23(28)14-20-10-7-9-19-8-5-6-11-21(19)20/h5-13H,14-15H2,1-4H3,(H,25,27). The summed E-state index contributed by atoms with van der Waals surface area (Å²) in [5, 5.41) is 5.13. The Morgan fingerprint density at radius 3 is 2.29 bits per heavy atom. The van der Waals surface area contributed by atoms with E-state index in [0.717, 1.165) is 38.7 Å². The summed E-state index contributed by atoms with van der Waals surface area (Å²) in [6, 6.07) is 18.1. The molecule has 144 valence electrons. The second-order valence-electron chi connectivity index (χ2n) is 7.39. The van der Waals surface area contributed by atoms with Crippen LogP contribution in [0.25, 0.3) is 10.8 Å². The van der Waals surface area contributed by atoms with Crippen molar-refractivity contribution in [2.75, 3.05) is 18.9 Å². The van der Waals surface area contributed by atoms with Crippen LogP contribution in [-0.4, -0.2) is 30.3 Å². The van der Waals surface area contributed by atoms with E-state index < -0.39 is 0 Å². The molecule has 0 aliphatic carbocycles. The number of amides is 2. The minimum absolute atomic E-state index is 0.0242. The van der Waals surface area contributed by atoms with E-state index in [1.165, 1.54) is 4.90 Å². The molecule has 0 aliphatic heterocycles. The molecule has 3 rings (SSSR count). The van der Waals surface area contributed by atoms with Gasteiger partial charge in [0.1, 0.15) is 0 Å². The fourth-order valence-corrected chi connectivity index (χ4v) is 3.60. The van der Waals surface area contributed by atoms with Gasteiger partial charge in [-0.3, -0.25) is 9.59 Å². The Balaban J connectivity index is 1.66. The molecule has 1 N–H and O–H groups in total. The second kappa shape index (κ2) is 8.26. The highest BCUT2D eigenvalue weighted by atomic mass is 16.2. The number of hydrogen-bond acceptors (Lipinski definition) is 2. The van der Waals surface area contributed by atoms with Crippen LogP contribution in [0.5, 0.6) is 0 Å². The molecule has 0 spiro atoms. The summed E-state index contributed by atoms with van der Waals surface area (Å²) in [7, 11) is 1.67. The number of rotatable bonds is 5. The lowest BCUT2D eigenvalue weighted by atomic mass is 10.0. The summed E-state index contributed by atoms with van der Waals surface area (Å²) in [6.07, 6.45) is 0.272. The lowest BCUT2D eigenvalue weighted by molar-refractivity contribution is -0.132. The lowest BCUT2D eigenvalue weighted by Gasteiger charge is -2.19. The van der Waals surface area contributed by atoms with Crippen molar-refractivity contribution >= 4 is 28.3 Å². The molecule has 4 heteroatoms. The predicted octanol–water partition coefficient (Wildman–Crippen LogP) is 4.40. The van der Waals surface area contributed by atoms with Gasteiger partial charge in [-0.2, -0.15) is 0 Å². The van der Waals surface area contributed by atoms with Crippen LogP contribution in [0.3, 0.4) is 0 Å². The van der Waals surface area contributed by atoms with E-state index in [4.69, 9.17) is 0 Å². The number of aryl methyl sites for hydroxylation is 3. The molecule has 0 atom stereocenters. The maximum Gasteiger partial charge on any atom is 0.243 e. The van der Waals surface area contributed by atoms with Crippen molar-refractivity contribution in [2.45, 2.75) is 27.2 Å². The Labute approximate surface area is 166 Å². The summed E-state index contributed by atoms with van der Waals surface area (Å²) >= 11 is 0. The van der Waals surface area contributed by atoms with Crippen molar-refractivity contribution in [1.29, 1.82) is 0 Å². The van der Waals surface area contributed by atoms with Crippen molar-refractivity contribution < 1.29 is 9.59 Å². The van der Waals surface area contributed by atoms with Gasteiger partial charge in [-0.05, 0) is 48.2 Å². The number of benzene rings is 3. The molecule has 0 unspecified atom stereocenters. The Bertz CT molecular complexity index is 1010. The van der Waals surface area contributed by atoms with Crippen LogP contribution in [0, 0.1) is 20.8 Å². The highest BCUT2D eigenvalue weighted by molar-refractivity contribution is 5.96. The number of carbonyl (C=O) groups excluding carboxylic acids is 2. The lowest BCUT2D eigenvalue weighted by Crippen LogP contribution is -2.36. The van der Waals surface area contributed by atoms with Gasteiger partial charge in [0.2, 0.25) is 11.8 Å². The molecule has 3 aromatic carbocycles. The quantitative estimate of drug-likeness (QED) is 0.719. The smallest absolute Gasteiger partial charge is 0.243 e. The maximum absolute atomic E-state index is 12.7. The van der Waals surface area contributed by atoms with Crippen LogP contribution in [0.4, 0.5) is 5.69 Å². The van der Waals surface area contributed by atoms with E-state index in [-0.39, 0.29) is 24.8 Å². The van der Waals surface area contributed by atoms with Gasteiger partial charge in [0.15, 0.2) is 0 Å². The second-order valence-corrected chi connectivity index (χ2v) is 7.39. The molecule has 4 nitrogen and oxygen atoms in total. The van der Waals surface area contributed by atoms with Crippen LogP contribution < -0.4 is 5.32 Å². The van der Waals surface area contributed by atoms with Crippen molar-refractivity contribution in [3.8, 4) is 0 Å². The molecule has 0 fully saturated rings. The SMILES string of the molecule is Cc1cc(C)c(NC(=O)CN(C)C(=O)Cc2cccc3ccccc23)c(C)c1. The monoisotopic (exact) mass is 374 g/mol. The largest absolute Gasteiger partial charge is 0.336 e. The van der Waals surface area contributed by atoms with Crippen molar-refractivity contribution in [3.05, 3.63) is 76.9 Å². The number of carbonyl (C=O) groups is 2. The van der Waals surface area contributed by atoms with E-state index in [2.05, 4.69) is 5.32 Å². The van der Waals surface area contributed by atoms with E-state index in [9.17, 15) is 9.59 Å². The molecule has 0 bridgehead atoms. The number of nitrogens with one attached hydrogen (secondary N) is 1. The molecule has 0 heterocycles. The minimum Gasteiger partial charge on any atom is -0.336 e. The number of anilines is 1. The first kappa shape index (κ1) is 19.6. The van der Waals surface area contributed by atoms with E-state index in [0.29, 0.717) is 0 Å². The summed E-state index contributed by atoms with van der Waals surface area (Å²) in [6.45, 7) is 6.01. The van der Waals surface area contributed by atoms with Gasteiger partial charge in [0.05, 0.1) is 13.0 Å². The van der Waals surface area contributed by atoms with Gasteiger partial charge < -0.3 is 10.2 Å². The Kier molecular flexibility index (Phi) is 5.78. The third-order valence-corrected chi connectivity index (χ3v) is 4.97. The van der Waals surface area contributed by atoms with Gasteiger partial charge in [0.25, 0.3) is 0 Å². The normalized spacial score (nSPS) is 10.7. The van der Waals surface area contributed by atoms with Crippen LogP contribution in [0.15, 0.2) is 54.6 Å². The molecule has 0 saturated carbocycles. The molecule has 0 saturated heterocycles. The molecule has 0 radical (unpaired) electrons. The Morgan fingerprint density at radius 1 is 0.929 bits per heavy atom. The fraction of sp³-hybridized carbons (Fsp3) is 0.250. The van der Waals surface area contributed by atoms with Crippen molar-refractivity contribution in [2.24, 2.45) is 0 Å². The van der Waals surface area contributed by atoms with Crippen LogP contribution in [0.2, 0.25) is 0 Å². The number of hydrogen-bond donors (Lipinski definition) is 1. The summed E-state index contributed by atoms with van der Waals surface area (Å²) in [5.41, 5.74) is 5.01. The molecule has 3 aromatic rings. The van der Waals surface area contributed by atoms with Gasteiger partial charge in [-0.15, -0.1) is 0 Å². The fourth-order valence-electron chi connectivity index (χ4n) is 3.60. The van der Waals surface area contributed by atoms with E-state index >= 15 is 0 Å². The third kappa shape index (κ3) is 4.39. The Hall–Kier alpha value is -3.14. The molecule has 0 aromatic heterocycles. The molecule has 0 aliphatic rings. The van der Waals surface area contributed by atoms with Gasteiger partial charge in [0, 0.05) is 12.7 Å². The molecule has 2 amide bonds. The number of likely N-dealkylation sites (N-methyl/N-ethyl adjacent to an activating group) is 1. The van der Waals surface area contributed by atoms with Crippen LogP contribution in [-0.2, 0) is 16.0 Å². The Morgan fingerprint density at radius 2 is 1.57 bits per heavy atom. The first-order chi connectivity index (χ1) is 13.3. The van der Waals surface area contributed by atoms with Gasteiger partial charge >= 0.3 is 0 Å². The number of fused-ring (bicyclic) bond motifs is 1. The van der Waals surface area contributed by atoms with Crippen molar-refractivity contribution in [1.82, 2.24) is 4.90 Å². The highest BCUT2D eigenvalue weighted by Crippen LogP contribution is 2.22. The first-order valence-electron chi connectivity index (χ1n) is 9.43. The zero-order chi connectivity index (χ0) is 20.3. The average Bonchev–Trinajstić information content (AvgIpc) is 2.65. The van der Waals surface area contributed by atoms with Crippen molar-refractivity contribution in [3.63, 3.8) is 0 Å². The van der Waals surface area contributed by atoms with E-state index in [1.54, 1.807) is 7.05 Å². The zero-order valence-corrected chi connectivity index (χ0v) is 16.9. The molecular formula is C24H26N2O2. The number of nitrogens with zero attached hydrogens (tertiary/aromatic N) is 1. The van der Waals surface area contributed by atoms with Crippen LogP contribution in [0.1, 0.15) is 22.3 Å². The van der Waals surface area contributed by atoms with Gasteiger partial charge in [-0.1, -0.05) is 60.2 Å². The highest BCUT2D eigenvalue weighted by Gasteiger charge is 2.16. The zero-order valence-electron chi connectivity index (χ0n) is 16.9. The van der Waals surface area contributed by atoms with E-state index in [1.807, 2.05) is 75.4 Å². The maximum atomic E-state index is 12.7.